The first-order chi connectivity index (χ1) is 7.07. The second kappa shape index (κ2) is 7.23. The molecule has 0 heterocycles. The fourth-order valence-electron chi connectivity index (χ4n) is 2.97. The molecule has 0 aliphatic rings. The van der Waals surface area contributed by atoms with Gasteiger partial charge in [-0.2, -0.15) is 0 Å². The van der Waals surface area contributed by atoms with Gasteiger partial charge in [0.1, 0.15) is 0 Å². The van der Waals surface area contributed by atoms with E-state index >= 15 is 0 Å². The Morgan fingerprint density at radius 1 is 1.20 bits per heavy atom. The van der Waals surface area contributed by atoms with Crippen LogP contribution in [0, 0.1) is 0 Å². The molecule has 0 N–H and O–H groups in total. The zero-order valence-corrected chi connectivity index (χ0v) is 12.5. The van der Waals surface area contributed by atoms with Crippen LogP contribution in [0.25, 0.3) is 0 Å². The maximum absolute atomic E-state index is 2.57. The van der Waals surface area contributed by atoms with E-state index in [9.17, 15) is 0 Å². The minimum absolute atomic E-state index is 0.804. The Morgan fingerprint density at radius 2 is 1.80 bits per heavy atom. The van der Waals surface area contributed by atoms with Crippen molar-refractivity contribution >= 4 is 8.07 Å². The van der Waals surface area contributed by atoms with Crippen molar-refractivity contribution in [1.29, 1.82) is 0 Å². The van der Waals surface area contributed by atoms with Gasteiger partial charge in [-0.15, -0.1) is 0 Å². The lowest BCUT2D eigenvalue weighted by atomic mass is 10.4. The van der Waals surface area contributed by atoms with Crippen LogP contribution in [-0.2, 0) is 0 Å². The summed E-state index contributed by atoms with van der Waals surface area (Å²) in [5, 5.41) is 0. The summed E-state index contributed by atoms with van der Waals surface area (Å²) in [6, 6.07) is 2.81. The normalized spacial score (nSPS) is 18.3. The van der Waals surface area contributed by atoms with Crippen molar-refractivity contribution < 1.29 is 0 Å². The second-order valence-corrected chi connectivity index (χ2v) is 9.40. The van der Waals surface area contributed by atoms with Crippen LogP contribution in [-0.4, -0.2) is 32.7 Å². The van der Waals surface area contributed by atoms with Crippen molar-refractivity contribution in [3.8, 4) is 0 Å². The van der Waals surface area contributed by atoms with Gasteiger partial charge >= 0.3 is 0 Å². The van der Waals surface area contributed by atoms with Gasteiger partial charge in [-0.25, -0.2) is 0 Å². The summed E-state index contributed by atoms with van der Waals surface area (Å²) < 4.78 is 0. The van der Waals surface area contributed by atoms with Gasteiger partial charge in [0.25, 0.3) is 0 Å². The van der Waals surface area contributed by atoms with E-state index in [2.05, 4.69) is 58.5 Å². The second-order valence-electron chi connectivity index (χ2n) is 4.72. The van der Waals surface area contributed by atoms with E-state index in [4.69, 9.17) is 0 Å². The van der Waals surface area contributed by atoms with Gasteiger partial charge in [0, 0.05) is 5.67 Å². The average Bonchev–Trinajstić information content (AvgIpc) is 2.18. The van der Waals surface area contributed by atoms with Crippen LogP contribution in [0.4, 0.5) is 0 Å². The standard InChI is InChI=1S/C13H29NSi/c1-7-11-15(10-4,12-8-2)13(9-3)14(5)6/h7,11,13H,8-10,12H2,1-6H3/b11-7-. The highest BCUT2D eigenvalue weighted by atomic mass is 28.3. The van der Waals surface area contributed by atoms with Gasteiger partial charge < -0.3 is 4.90 Å². The molecule has 0 aromatic rings. The Bertz CT molecular complexity index is 189. The molecular weight excluding hydrogens is 198 g/mol. The fourth-order valence-corrected chi connectivity index (χ4v) is 8.19. The zero-order chi connectivity index (χ0) is 11.9. The third-order valence-electron chi connectivity index (χ3n) is 3.55. The Hall–Kier alpha value is -0.0831. The van der Waals surface area contributed by atoms with Crippen LogP contribution >= 0.6 is 0 Å². The largest absolute Gasteiger partial charge is 0.309 e. The number of hydrogen-bond acceptors (Lipinski definition) is 1. The lowest BCUT2D eigenvalue weighted by molar-refractivity contribution is 0.354. The maximum Gasteiger partial charge on any atom is 0.0953 e. The summed E-state index contributed by atoms with van der Waals surface area (Å²) in [6.45, 7) is 9.22. The number of hydrogen-bond donors (Lipinski definition) is 0. The highest BCUT2D eigenvalue weighted by Gasteiger charge is 2.36. The Morgan fingerprint density at radius 3 is 2.07 bits per heavy atom. The molecule has 0 aliphatic carbocycles. The zero-order valence-electron chi connectivity index (χ0n) is 11.5. The summed E-state index contributed by atoms with van der Waals surface area (Å²) in [5.74, 6) is 0. The molecule has 0 amide bonds. The minimum atomic E-state index is -1.22. The number of allylic oxidation sites excluding steroid dienone is 1. The molecule has 0 bridgehead atoms. The van der Waals surface area contributed by atoms with Crippen molar-refractivity contribution in [3.05, 3.63) is 11.8 Å². The molecule has 0 radical (unpaired) electrons. The molecule has 15 heavy (non-hydrogen) atoms. The van der Waals surface area contributed by atoms with Gasteiger partial charge in [-0.3, -0.25) is 0 Å². The third-order valence-corrected chi connectivity index (χ3v) is 9.54. The van der Waals surface area contributed by atoms with Gasteiger partial charge in [-0.1, -0.05) is 51.1 Å². The molecule has 0 spiro atoms. The quantitative estimate of drug-likeness (QED) is 0.597. The van der Waals surface area contributed by atoms with E-state index in [1.807, 2.05) is 0 Å². The van der Waals surface area contributed by atoms with Crippen LogP contribution in [0.5, 0.6) is 0 Å². The highest BCUT2D eigenvalue weighted by molar-refractivity contribution is 6.85. The van der Waals surface area contributed by atoms with E-state index in [1.165, 1.54) is 24.9 Å². The van der Waals surface area contributed by atoms with Crippen molar-refractivity contribution in [1.82, 2.24) is 4.90 Å². The highest BCUT2D eigenvalue weighted by Crippen LogP contribution is 2.27. The summed E-state index contributed by atoms with van der Waals surface area (Å²) in [6.07, 6.45) is 4.91. The Balaban J connectivity index is 5.00. The molecule has 2 heteroatoms. The number of rotatable bonds is 7. The molecule has 90 valence electrons. The van der Waals surface area contributed by atoms with Gasteiger partial charge in [-0.05, 0) is 27.4 Å². The van der Waals surface area contributed by atoms with E-state index < -0.39 is 8.07 Å². The lowest BCUT2D eigenvalue weighted by Crippen LogP contribution is -2.52. The first-order valence-corrected chi connectivity index (χ1v) is 8.95. The summed E-state index contributed by atoms with van der Waals surface area (Å²) in [4.78, 5) is 2.45. The monoisotopic (exact) mass is 227 g/mol. The number of nitrogens with zero attached hydrogens (tertiary/aromatic N) is 1. The van der Waals surface area contributed by atoms with Gasteiger partial charge in [0.2, 0.25) is 0 Å². The van der Waals surface area contributed by atoms with Crippen LogP contribution in [0.1, 0.15) is 40.5 Å². The predicted molar refractivity (Wildman–Crippen MR) is 73.9 cm³/mol. The summed E-state index contributed by atoms with van der Waals surface area (Å²) in [7, 11) is 3.26. The van der Waals surface area contributed by atoms with Crippen molar-refractivity contribution in [2.75, 3.05) is 14.1 Å². The molecular formula is C13H29NSi. The SMILES string of the molecule is C/C=C\[Si](CC)(CCC)C(CC)N(C)C. The first kappa shape index (κ1) is 14.9. The molecule has 0 rings (SSSR count). The molecule has 0 aromatic carbocycles. The molecule has 1 nitrogen and oxygen atoms in total. The minimum Gasteiger partial charge on any atom is -0.309 e. The predicted octanol–water partition coefficient (Wildman–Crippen LogP) is 3.86. The molecule has 2 unspecified atom stereocenters. The van der Waals surface area contributed by atoms with E-state index in [1.54, 1.807) is 0 Å². The lowest BCUT2D eigenvalue weighted by Gasteiger charge is -2.39. The van der Waals surface area contributed by atoms with E-state index in [0.29, 0.717) is 0 Å². The average molecular weight is 227 g/mol. The maximum atomic E-state index is 2.57. The fraction of sp³-hybridized carbons (Fsp3) is 0.846. The Labute approximate surface area is 97.6 Å². The van der Waals surface area contributed by atoms with Gasteiger partial charge in [0.15, 0.2) is 0 Å². The van der Waals surface area contributed by atoms with Crippen LogP contribution in [0.2, 0.25) is 12.1 Å². The van der Waals surface area contributed by atoms with Crippen LogP contribution in [0.3, 0.4) is 0 Å². The van der Waals surface area contributed by atoms with Crippen molar-refractivity contribution in [3.63, 3.8) is 0 Å². The smallest absolute Gasteiger partial charge is 0.0953 e. The van der Waals surface area contributed by atoms with Crippen molar-refractivity contribution in [2.24, 2.45) is 0 Å². The van der Waals surface area contributed by atoms with Crippen LogP contribution in [0.15, 0.2) is 11.8 Å². The topological polar surface area (TPSA) is 3.24 Å². The summed E-state index contributed by atoms with van der Waals surface area (Å²) in [5.41, 5.74) is 3.38. The Kier molecular flexibility index (Phi) is 7.19. The van der Waals surface area contributed by atoms with Crippen LogP contribution < -0.4 is 0 Å². The first-order valence-electron chi connectivity index (χ1n) is 6.38. The third kappa shape index (κ3) is 3.76. The van der Waals surface area contributed by atoms with E-state index in [0.717, 1.165) is 5.67 Å². The van der Waals surface area contributed by atoms with Crippen molar-refractivity contribution in [2.45, 2.75) is 58.3 Å². The van der Waals surface area contributed by atoms with E-state index in [-0.39, 0.29) is 0 Å². The van der Waals surface area contributed by atoms with Gasteiger partial charge in [0.05, 0.1) is 8.07 Å². The molecule has 0 saturated heterocycles. The molecule has 0 aromatic heterocycles. The molecule has 2 atom stereocenters. The molecule has 0 saturated carbocycles. The molecule has 0 fully saturated rings. The molecule has 0 aliphatic heterocycles. The summed E-state index contributed by atoms with van der Waals surface area (Å²) >= 11 is 0.